The zero-order chi connectivity index (χ0) is 29.5. The number of thiophene rings is 1. The van der Waals surface area contributed by atoms with Crippen molar-refractivity contribution >= 4 is 100 Å². The number of hydrogen-bond acceptors (Lipinski definition) is 3. The molecule has 3 heterocycles. The first-order chi connectivity index (χ1) is 21.6. The van der Waals surface area contributed by atoms with Crippen molar-refractivity contribution in [3.8, 4) is 5.82 Å². The first-order valence-electron chi connectivity index (χ1n) is 14.6. The molecule has 0 radical (unpaired) electrons. The molecule has 0 aliphatic carbocycles. The molecular formula is C39H24ClN3S. The number of fused-ring (bicyclic) bond motifs is 11. The number of para-hydroxylation sites is 1. The summed E-state index contributed by atoms with van der Waals surface area (Å²) in [5.74, 6) is 0.637. The Balaban J connectivity index is 1.52. The van der Waals surface area contributed by atoms with Crippen molar-refractivity contribution in [2.75, 3.05) is 0 Å². The average molecular weight is 602 g/mol. The molecule has 0 aliphatic heterocycles. The van der Waals surface area contributed by atoms with Crippen molar-refractivity contribution < 1.29 is 0 Å². The molecule has 0 spiro atoms. The van der Waals surface area contributed by atoms with Gasteiger partial charge in [0.15, 0.2) is 11.0 Å². The zero-order valence-electron chi connectivity index (χ0n) is 23.8. The van der Waals surface area contributed by atoms with Crippen LogP contribution in [0.15, 0.2) is 109 Å². The van der Waals surface area contributed by atoms with E-state index in [1.54, 1.807) is 0 Å². The fourth-order valence-electron chi connectivity index (χ4n) is 6.76. The largest absolute Gasteiger partial charge is 0.290 e. The van der Waals surface area contributed by atoms with Gasteiger partial charge in [-0.15, -0.1) is 11.3 Å². The summed E-state index contributed by atoms with van der Waals surface area (Å²) in [6.45, 7) is 6.51. The van der Waals surface area contributed by atoms with E-state index in [0.29, 0.717) is 11.0 Å². The average Bonchev–Trinajstić information content (AvgIpc) is 3.56. The quantitative estimate of drug-likeness (QED) is 0.185. The summed E-state index contributed by atoms with van der Waals surface area (Å²) in [5.41, 5.74) is 5.00. The molecule has 0 atom stereocenters. The van der Waals surface area contributed by atoms with Gasteiger partial charge in [-0.1, -0.05) is 115 Å². The Hall–Kier alpha value is -5.03. The SMILES string of the molecule is C=c1cccc/c1=C/c1c(C)sc2c1c1ccccc1c1c3ccccc3n(-c3nc4c(ccc5ccccc54)nc3Cl)c21. The zero-order valence-corrected chi connectivity index (χ0v) is 25.4. The van der Waals surface area contributed by atoms with E-state index in [-0.39, 0.29) is 0 Å². The van der Waals surface area contributed by atoms with Crippen LogP contribution in [0.2, 0.25) is 5.15 Å². The molecule has 0 N–H and O–H groups in total. The van der Waals surface area contributed by atoms with Crippen LogP contribution in [0.3, 0.4) is 0 Å². The standard InChI is InChI=1S/C39H24ClN3S/c1-22-11-3-4-13-25(22)21-30-23(2)44-37-34(30)28-16-8-7-15-27(28)33-29-17-9-10-18-32(29)43(36(33)37)39-38(40)41-31-20-19-24-12-5-6-14-26(24)35(31)42-39/h3-21H,1H2,2H3/b25-21-. The van der Waals surface area contributed by atoms with Gasteiger partial charge < -0.3 is 0 Å². The number of halogens is 1. The summed E-state index contributed by atoms with van der Waals surface area (Å²) in [6.07, 6.45) is 2.29. The van der Waals surface area contributed by atoms with Gasteiger partial charge in [-0.05, 0) is 57.3 Å². The second kappa shape index (κ2) is 9.48. The molecule has 3 nitrogen and oxygen atoms in total. The molecule has 0 aliphatic rings. The Kier molecular flexibility index (Phi) is 5.49. The van der Waals surface area contributed by atoms with Crippen LogP contribution in [0.1, 0.15) is 10.4 Å². The normalized spacial score (nSPS) is 12.5. The van der Waals surface area contributed by atoms with Crippen LogP contribution in [0.4, 0.5) is 0 Å². The van der Waals surface area contributed by atoms with Crippen molar-refractivity contribution in [3.05, 3.63) is 135 Å². The third kappa shape index (κ3) is 3.56. The Morgan fingerprint density at radius 2 is 1.41 bits per heavy atom. The number of aromatic nitrogens is 3. The van der Waals surface area contributed by atoms with Crippen LogP contribution in [-0.4, -0.2) is 14.5 Å². The lowest BCUT2D eigenvalue weighted by atomic mass is 9.97. The van der Waals surface area contributed by atoms with Crippen molar-refractivity contribution in [2.45, 2.75) is 6.92 Å². The topological polar surface area (TPSA) is 30.7 Å². The monoisotopic (exact) mass is 601 g/mol. The summed E-state index contributed by atoms with van der Waals surface area (Å²) in [5, 5.41) is 10.7. The van der Waals surface area contributed by atoms with Crippen LogP contribution in [0, 0.1) is 6.92 Å². The number of rotatable bonds is 2. The molecule has 208 valence electrons. The minimum atomic E-state index is 0.378. The number of benzene rings is 6. The molecule has 0 saturated heterocycles. The molecule has 5 heteroatoms. The lowest BCUT2D eigenvalue weighted by molar-refractivity contribution is 1.08. The molecule has 0 amide bonds. The predicted molar refractivity (Wildman–Crippen MR) is 189 cm³/mol. The molecular weight excluding hydrogens is 578 g/mol. The summed E-state index contributed by atoms with van der Waals surface area (Å²) in [7, 11) is 0. The van der Waals surface area contributed by atoms with E-state index in [1.165, 1.54) is 36.7 Å². The van der Waals surface area contributed by atoms with E-state index >= 15 is 0 Å². The smallest absolute Gasteiger partial charge is 0.176 e. The third-order valence-electron chi connectivity index (χ3n) is 8.75. The van der Waals surface area contributed by atoms with Gasteiger partial charge in [0.05, 0.1) is 26.8 Å². The Labute approximate surface area is 261 Å². The van der Waals surface area contributed by atoms with Gasteiger partial charge in [0.1, 0.15) is 0 Å². The summed E-state index contributed by atoms with van der Waals surface area (Å²) >= 11 is 8.89. The fourth-order valence-corrected chi connectivity index (χ4v) is 8.17. The second-order valence-electron chi connectivity index (χ2n) is 11.2. The highest BCUT2D eigenvalue weighted by atomic mass is 35.5. The molecule has 3 aromatic heterocycles. The van der Waals surface area contributed by atoms with Crippen molar-refractivity contribution in [3.63, 3.8) is 0 Å². The summed E-state index contributed by atoms with van der Waals surface area (Å²) in [4.78, 5) is 11.4. The third-order valence-corrected chi connectivity index (χ3v) is 10.1. The van der Waals surface area contributed by atoms with Gasteiger partial charge >= 0.3 is 0 Å². The molecule has 0 bridgehead atoms. The van der Waals surface area contributed by atoms with Crippen molar-refractivity contribution in [2.24, 2.45) is 0 Å². The van der Waals surface area contributed by atoms with Crippen LogP contribution in [0.25, 0.3) is 82.9 Å². The van der Waals surface area contributed by atoms with Crippen molar-refractivity contribution in [1.29, 1.82) is 0 Å². The van der Waals surface area contributed by atoms with E-state index in [0.717, 1.165) is 48.7 Å². The summed E-state index contributed by atoms with van der Waals surface area (Å²) in [6, 6.07) is 38.0. The van der Waals surface area contributed by atoms with E-state index in [1.807, 2.05) is 35.6 Å². The molecule has 9 aromatic rings. The van der Waals surface area contributed by atoms with Crippen LogP contribution < -0.4 is 10.4 Å². The number of hydrogen-bond donors (Lipinski definition) is 0. The maximum absolute atomic E-state index is 7.07. The van der Waals surface area contributed by atoms with Gasteiger partial charge in [0.25, 0.3) is 0 Å². The first-order valence-corrected chi connectivity index (χ1v) is 15.8. The Morgan fingerprint density at radius 3 is 2.23 bits per heavy atom. The van der Waals surface area contributed by atoms with E-state index in [9.17, 15) is 0 Å². The Bertz CT molecular complexity index is 2770. The highest BCUT2D eigenvalue weighted by Crippen LogP contribution is 2.47. The van der Waals surface area contributed by atoms with E-state index in [4.69, 9.17) is 21.6 Å². The minimum absolute atomic E-state index is 0.378. The lowest BCUT2D eigenvalue weighted by Gasteiger charge is -2.12. The predicted octanol–water partition coefficient (Wildman–Crippen LogP) is 9.45. The van der Waals surface area contributed by atoms with Gasteiger partial charge in [0, 0.05) is 26.4 Å². The van der Waals surface area contributed by atoms with E-state index in [2.05, 4.69) is 109 Å². The lowest BCUT2D eigenvalue weighted by Crippen LogP contribution is -2.21. The molecule has 9 rings (SSSR count). The van der Waals surface area contributed by atoms with E-state index < -0.39 is 0 Å². The maximum Gasteiger partial charge on any atom is 0.176 e. The number of aryl methyl sites for hydroxylation is 1. The number of nitrogens with zero attached hydrogens (tertiary/aromatic N) is 3. The van der Waals surface area contributed by atoms with Crippen molar-refractivity contribution in [1.82, 2.24) is 14.5 Å². The fraction of sp³-hybridized carbons (Fsp3) is 0.0256. The molecule has 0 fully saturated rings. The van der Waals surface area contributed by atoms with Gasteiger partial charge in [-0.2, -0.15) is 0 Å². The highest BCUT2D eigenvalue weighted by molar-refractivity contribution is 7.20. The summed E-state index contributed by atoms with van der Waals surface area (Å²) < 4.78 is 3.45. The van der Waals surface area contributed by atoms with Crippen LogP contribution in [-0.2, 0) is 0 Å². The molecule has 0 saturated carbocycles. The van der Waals surface area contributed by atoms with Crippen LogP contribution >= 0.6 is 22.9 Å². The minimum Gasteiger partial charge on any atom is -0.290 e. The Morgan fingerprint density at radius 1 is 0.727 bits per heavy atom. The maximum atomic E-state index is 7.07. The molecule has 6 aromatic carbocycles. The van der Waals surface area contributed by atoms with Gasteiger partial charge in [-0.3, -0.25) is 4.57 Å². The second-order valence-corrected chi connectivity index (χ2v) is 12.8. The highest BCUT2D eigenvalue weighted by Gasteiger charge is 2.24. The van der Waals surface area contributed by atoms with Gasteiger partial charge in [-0.25, -0.2) is 9.97 Å². The first kappa shape index (κ1) is 25.5. The van der Waals surface area contributed by atoms with Crippen LogP contribution in [0.5, 0.6) is 0 Å². The molecule has 44 heavy (non-hydrogen) atoms. The molecule has 0 unspecified atom stereocenters. The van der Waals surface area contributed by atoms with Gasteiger partial charge in [0.2, 0.25) is 0 Å².